The van der Waals surface area contributed by atoms with E-state index in [0.717, 1.165) is 52.5 Å². The van der Waals surface area contributed by atoms with Crippen LogP contribution >= 0.6 is 36.0 Å². The average Bonchev–Trinajstić information content (AvgIpc) is 3.02. The lowest BCUT2D eigenvalue weighted by Gasteiger charge is -2.27. The largest absolute Gasteiger partial charge is 0.489 e. The number of ether oxygens (including phenoxy) is 1. The van der Waals surface area contributed by atoms with E-state index >= 15 is 0 Å². The molecule has 11 heteroatoms. The SMILES string of the molecule is CC.CC(C)CCCNc1nc(N[N+](C)(O)S)nc2ccc(-c3ccc(C(C)(C)c4cc(Cl)c(OCCCl)c(C#N)c4)cc3)cc12. The van der Waals surface area contributed by atoms with Crippen LogP contribution in [0.2, 0.25) is 5.02 Å². The molecule has 0 amide bonds. The number of hydrogen-bond donors (Lipinski definition) is 4. The molecule has 0 aliphatic carbocycles. The van der Waals surface area contributed by atoms with Gasteiger partial charge in [0.25, 0.3) is 5.95 Å². The minimum atomic E-state index is -0.797. The molecule has 3 N–H and O–H groups in total. The van der Waals surface area contributed by atoms with Crippen LogP contribution < -0.4 is 15.5 Å². The van der Waals surface area contributed by atoms with Gasteiger partial charge < -0.3 is 10.1 Å². The van der Waals surface area contributed by atoms with Crippen molar-refractivity contribution in [2.75, 3.05) is 36.8 Å². The first-order valence-electron chi connectivity index (χ1n) is 15.5. The number of anilines is 2. The first-order valence-corrected chi connectivity index (χ1v) is 16.8. The maximum Gasteiger partial charge on any atom is 0.275 e. The van der Waals surface area contributed by atoms with E-state index in [1.165, 1.54) is 7.05 Å². The van der Waals surface area contributed by atoms with Crippen LogP contribution in [0.15, 0.2) is 54.6 Å². The minimum Gasteiger partial charge on any atom is -0.489 e. The fraction of sp³-hybridized carbons (Fsp3) is 0.400. The molecule has 4 aromatic rings. The fourth-order valence-corrected chi connectivity index (χ4v) is 5.41. The highest BCUT2D eigenvalue weighted by molar-refractivity contribution is 7.74. The molecule has 0 aliphatic rings. The number of quaternary nitrogens is 1. The smallest absolute Gasteiger partial charge is 0.275 e. The van der Waals surface area contributed by atoms with Crippen molar-refractivity contribution in [3.05, 3.63) is 76.3 Å². The number of alkyl halides is 1. The number of nitriles is 1. The number of rotatable bonds is 13. The summed E-state index contributed by atoms with van der Waals surface area (Å²) in [5.41, 5.74) is 7.50. The predicted octanol–water partition coefficient (Wildman–Crippen LogP) is 9.65. The lowest BCUT2D eigenvalue weighted by molar-refractivity contribution is -0.955. The molecule has 246 valence electrons. The maximum atomic E-state index is 10.1. The summed E-state index contributed by atoms with van der Waals surface area (Å²) in [6.07, 6.45) is 2.11. The van der Waals surface area contributed by atoms with Gasteiger partial charge in [0.1, 0.15) is 38.4 Å². The molecular formula is C35H45Cl2N6O2S+. The van der Waals surface area contributed by atoms with Crippen molar-refractivity contribution in [1.82, 2.24) is 9.97 Å². The van der Waals surface area contributed by atoms with Crippen LogP contribution in [-0.2, 0) is 5.41 Å². The number of thiol groups is 1. The Labute approximate surface area is 288 Å². The molecule has 0 aliphatic heterocycles. The van der Waals surface area contributed by atoms with Crippen molar-refractivity contribution >= 4 is 58.7 Å². The van der Waals surface area contributed by atoms with Crippen LogP contribution in [-0.4, -0.2) is 45.4 Å². The van der Waals surface area contributed by atoms with E-state index in [1.807, 2.05) is 38.1 Å². The molecular weight excluding hydrogens is 639 g/mol. The van der Waals surface area contributed by atoms with Crippen molar-refractivity contribution < 1.29 is 14.1 Å². The highest BCUT2D eigenvalue weighted by Crippen LogP contribution is 2.39. The van der Waals surface area contributed by atoms with E-state index in [-0.39, 0.29) is 12.6 Å². The molecule has 0 radical (unpaired) electrons. The number of benzene rings is 3. The molecule has 1 heterocycles. The summed E-state index contributed by atoms with van der Waals surface area (Å²) >= 11 is 16.4. The van der Waals surface area contributed by atoms with Gasteiger partial charge >= 0.3 is 0 Å². The Bertz CT molecular complexity index is 1650. The molecule has 0 spiro atoms. The van der Waals surface area contributed by atoms with Crippen molar-refractivity contribution in [3.8, 4) is 22.9 Å². The van der Waals surface area contributed by atoms with Gasteiger partial charge in [-0.05, 0) is 69.4 Å². The number of nitrogens with one attached hydrogen (secondary N) is 2. The molecule has 46 heavy (non-hydrogen) atoms. The van der Waals surface area contributed by atoms with Gasteiger partial charge in [0, 0.05) is 17.3 Å². The summed E-state index contributed by atoms with van der Waals surface area (Å²) in [6, 6.07) is 20.3. The van der Waals surface area contributed by atoms with E-state index in [2.05, 4.69) is 97.6 Å². The Morgan fingerprint density at radius 2 is 1.72 bits per heavy atom. The number of halogens is 2. The Hall–Kier alpha value is -3.26. The van der Waals surface area contributed by atoms with Crippen LogP contribution in [0.1, 0.15) is 71.1 Å². The van der Waals surface area contributed by atoms with E-state index in [9.17, 15) is 10.5 Å². The van der Waals surface area contributed by atoms with Gasteiger partial charge in [-0.25, -0.2) is 4.98 Å². The molecule has 0 bridgehead atoms. The molecule has 4 rings (SSSR count). The van der Waals surface area contributed by atoms with Crippen molar-refractivity contribution in [2.24, 2.45) is 5.92 Å². The Kier molecular flexibility index (Phi) is 13.4. The molecule has 3 aromatic carbocycles. The number of fused-ring (bicyclic) bond motifs is 1. The number of nitrogens with zero attached hydrogens (tertiary/aromatic N) is 4. The van der Waals surface area contributed by atoms with E-state index in [1.54, 1.807) is 0 Å². The topological polar surface area (TPSA) is 103 Å². The predicted molar refractivity (Wildman–Crippen MR) is 194 cm³/mol. The van der Waals surface area contributed by atoms with Crippen molar-refractivity contribution in [2.45, 2.75) is 59.8 Å². The third-order valence-electron chi connectivity index (χ3n) is 7.41. The zero-order valence-electron chi connectivity index (χ0n) is 27.7. The summed E-state index contributed by atoms with van der Waals surface area (Å²) < 4.78 is 4.83. The van der Waals surface area contributed by atoms with Crippen molar-refractivity contribution in [3.63, 3.8) is 0 Å². The first kappa shape index (κ1) is 37.2. The molecule has 0 saturated heterocycles. The fourth-order valence-electron chi connectivity index (χ4n) is 4.97. The lowest BCUT2D eigenvalue weighted by Crippen LogP contribution is -2.36. The minimum absolute atomic E-state index is 0.265. The number of hydrogen-bond acceptors (Lipinski definition) is 8. The number of hydroxylamine groups is 1. The highest BCUT2D eigenvalue weighted by atomic mass is 35.5. The number of aromatic nitrogens is 2. The second kappa shape index (κ2) is 16.5. The van der Waals surface area contributed by atoms with Gasteiger partial charge in [-0.3, -0.25) is 0 Å². The molecule has 1 aromatic heterocycles. The van der Waals surface area contributed by atoms with Gasteiger partial charge in [-0.2, -0.15) is 20.9 Å². The standard InChI is InChI=1S/C33H39Cl2N6O2S.C2H6/c1-21(2)7-6-15-37-31-27-18-23(10-13-29(27)38-32(39-31)40-41(5,42)44)22-8-11-25(12-9-22)33(3,4)26-17-24(20-36)30(28(35)19-26)43-16-14-34;1-2/h8-13,17-19,21,42,44H,6-7,14-16H2,1-5H3,(H2,37,38,39,40);1-2H3/q+1;. The quantitative estimate of drug-likeness (QED) is 0.0366. The summed E-state index contributed by atoms with van der Waals surface area (Å²) in [5.74, 6) is 2.23. The normalized spacial score (nSPS) is 12.6. The van der Waals surface area contributed by atoms with Crippen LogP contribution in [0.25, 0.3) is 22.0 Å². The summed E-state index contributed by atoms with van der Waals surface area (Å²) in [7, 11) is 1.46. The van der Waals surface area contributed by atoms with Crippen LogP contribution in [0.4, 0.5) is 11.8 Å². The van der Waals surface area contributed by atoms with Gasteiger partial charge in [0.05, 0.1) is 22.0 Å². The highest BCUT2D eigenvalue weighted by Gasteiger charge is 2.26. The van der Waals surface area contributed by atoms with Crippen LogP contribution in [0.5, 0.6) is 5.75 Å². The summed E-state index contributed by atoms with van der Waals surface area (Å²) in [4.78, 5) is 9.25. The Morgan fingerprint density at radius 1 is 1.04 bits per heavy atom. The second-order valence-corrected chi connectivity index (χ2v) is 13.4. The lowest BCUT2D eigenvalue weighted by atomic mass is 9.77. The zero-order chi connectivity index (χ0) is 34.1. The first-order chi connectivity index (χ1) is 21.8. The third kappa shape index (κ3) is 9.63. The average molecular weight is 685 g/mol. The molecule has 8 nitrogen and oxygen atoms in total. The van der Waals surface area contributed by atoms with Gasteiger partial charge in [0.15, 0.2) is 5.75 Å². The Morgan fingerprint density at radius 3 is 2.33 bits per heavy atom. The zero-order valence-corrected chi connectivity index (χ0v) is 30.1. The Balaban J connectivity index is 0.00000282. The summed E-state index contributed by atoms with van der Waals surface area (Å²) in [5, 5.41) is 24.6. The van der Waals surface area contributed by atoms with E-state index < -0.39 is 9.58 Å². The van der Waals surface area contributed by atoms with Gasteiger partial charge in [0.2, 0.25) is 0 Å². The molecule has 1 atom stereocenters. The second-order valence-electron chi connectivity index (χ2n) is 11.8. The molecule has 0 fully saturated rings. The van der Waals surface area contributed by atoms with E-state index in [4.69, 9.17) is 27.9 Å². The van der Waals surface area contributed by atoms with Crippen LogP contribution in [0, 0.1) is 17.2 Å². The summed E-state index contributed by atoms with van der Waals surface area (Å²) in [6.45, 7) is 13.7. The molecule has 0 saturated carbocycles. The van der Waals surface area contributed by atoms with E-state index in [0.29, 0.717) is 34.0 Å². The molecule has 1 unspecified atom stereocenters. The van der Waals surface area contributed by atoms with Crippen molar-refractivity contribution in [1.29, 1.82) is 5.26 Å². The van der Waals surface area contributed by atoms with Crippen LogP contribution in [0.3, 0.4) is 0 Å². The maximum absolute atomic E-state index is 10.1. The third-order valence-corrected chi connectivity index (χ3v) is 7.94. The monoisotopic (exact) mass is 683 g/mol. The van der Waals surface area contributed by atoms with Gasteiger partial charge in [-0.1, -0.05) is 83.5 Å². The van der Waals surface area contributed by atoms with Gasteiger partial charge in [-0.15, -0.1) is 11.6 Å².